The van der Waals surface area contributed by atoms with Crippen LogP contribution in [0.2, 0.25) is 0 Å². The highest BCUT2D eigenvalue weighted by atomic mass is 32.2. The van der Waals surface area contributed by atoms with E-state index in [1.165, 1.54) is 29.3 Å². The second-order valence-electron chi connectivity index (χ2n) is 5.21. The molecule has 0 unspecified atom stereocenters. The van der Waals surface area contributed by atoms with Gasteiger partial charge in [-0.3, -0.25) is 9.35 Å². The molecule has 0 aromatic heterocycles. The molecule has 0 radical (unpaired) electrons. The lowest BCUT2D eigenvalue weighted by atomic mass is 10.1. The number of hydrazone groups is 1. The van der Waals surface area contributed by atoms with Gasteiger partial charge in [-0.05, 0) is 36.8 Å². The van der Waals surface area contributed by atoms with E-state index < -0.39 is 10.1 Å². The average molecular weight is 342 g/mol. The lowest BCUT2D eigenvalue weighted by Crippen LogP contribution is -2.21. The fourth-order valence-electron chi connectivity index (χ4n) is 2.42. The molecule has 2 aromatic rings. The number of hydrogen-bond acceptors (Lipinski definition) is 4. The molecule has 0 bridgehead atoms. The number of hydrogen-bond donors (Lipinski definition) is 1. The Hall–Kier alpha value is -2.77. The van der Waals surface area contributed by atoms with Gasteiger partial charge in [-0.25, -0.2) is 0 Å². The molecule has 0 saturated carbocycles. The van der Waals surface area contributed by atoms with Crippen LogP contribution in [-0.4, -0.2) is 24.6 Å². The van der Waals surface area contributed by atoms with Crippen molar-refractivity contribution in [3.63, 3.8) is 0 Å². The van der Waals surface area contributed by atoms with E-state index in [0.717, 1.165) is 0 Å². The van der Waals surface area contributed by atoms with Gasteiger partial charge in [-0.15, -0.1) is 0 Å². The molecule has 1 aliphatic rings. The van der Waals surface area contributed by atoms with Gasteiger partial charge in [-0.2, -0.15) is 18.5 Å². The minimum absolute atomic E-state index is 0.229. The summed E-state index contributed by atoms with van der Waals surface area (Å²) in [6, 6.07) is 14.9. The lowest BCUT2D eigenvalue weighted by molar-refractivity contribution is -0.114. The highest BCUT2D eigenvalue weighted by Gasteiger charge is 2.29. The standard InChI is InChI=1S/C17H14N2O4S/c1-12-15(11-13-7-5-6-10-16(13)24(21,22)23)17(20)19(18-12)14-8-3-2-4-9-14/h2-11H,1H3,(H,21,22,23)/b15-11-. The Morgan fingerprint density at radius 1 is 1.04 bits per heavy atom. The van der Waals surface area contributed by atoms with Gasteiger partial charge in [0.25, 0.3) is 16.0 Å². The van der Waals surface area contributed by atoms with E-state index in [1.807, 2.05) is 6.07 Å². The van der Waals surface area contributed by atoms with Crippen LogP contribution >= 0.6 is 0 Å². The minimum Gasteiger partial charge on any atom is -0.282 e. The van der Waals surface area contributed by atoms with Crippen molar-refractivity contribution in [3.8, 4) is 0 Å². The Morgan fingerprint density at radius 2 is 1.67 bits per heavy atom. The number of rotatable bonds is 3. The highest BCUT2D eigenvalue weighted by Crippen LogP contribution is 2.26. The average Bonchev–Trinajstić information content (AvgIpc) is 2.83. The zero-order valence-electron chi connectivity index (χ0n) is 12.7. The summed E-state index contributed by atoms with van der Waals surface area (Å²) in [5.41, 5.74) is 1.59. The maximum Gasteiger partial charge on any atom is 0.295 e. The summed E-state index contributed by atoms with van der Waals surface area (Å²) in [6.45, 7) is 1.67. The van der Waals surface area contributed by atoms with Gasteiger partial charge in [0, 0.05) is 0 Å². The van der Waals surface area contributed by atoms with Crippen LogP contribution in [-0.2, 0) is 14.9 Å². The van der Waals surface area contributed by atoms with Gasteiger partial charge in [-0.1, -0.05) is 36.4 Å². The Labute approximate surface area is 139 Å². The summed E-state index contributed by atoms with van der Waals surface area (Å²) < 4.78 is 32.3. The molecule has 0 fully saturated rings. The number of carbonyl (C=O) groups is 1. The Kier molecular flexibility index (Phi) is 4.04. The number of anilines is 1. The maximum atomic E-state index is 12.6. The van der Waals surface area contributed by atoms with E-state index in [-0.39, 0.29) is 21.9 Å². The maximum absolute atomic E-state index is 12.6. The first-order chi connectivity index (χ1) is 11.4. The first-order valence-electron chi connectivity index (χ1n) is 7.11. The van der Waals surface area contributed by atoms with E-state index in [1.54, 1.807) is 37.3 Å². The van der Waals surface area contributed by atoms with Crippen molar-refractivity contribution in [1.82, 2.24) is 0 Å². The summed E-state index contributed by atoms with van der Waals surface area (Å²) in [4.78, 5) is 12.4. The smallest absolute Gasteiger partial charge is 0.282 e. The second-order valence-corrected chi connectivity index (χ2v) is 6.60. The van der Waals surface area contributed by atoms with E-state index >= 15 is 0 Å². The zero-order chi connectivity index (χ0) is 17.3. The van der Waals surface area contributed by atoms with Crippen LogP contribution in [0.4, 0.5) is 5.69 Å². The zero-order valence-corrected chi connectivity index (χ0v) is 13.6. The molecular weight excluding hydrogens is 328 g/mol. The molecule has 6 nitrogen and oxygen atoms in total. The molecule has 0 spiro atoms. The molecule has 0 aliphatic carbocycles. The summed E-state index contributed by atoms with van der Waals surface area (Å²) in [5.74, 6) is -0.358. The molecule has 0 saturated heterocycles. The van der Waals surface area contributed by atoms with Crippen molar-refractivity contribution in [1.29, 1.82) is 0 Å². The number of carbonyl (C=O) groups excluding carboxylic acids is 1. The van der Waals surface area contributed by atoms with Crippen molar-refractivity contribution >= 4 is 33.5 Å². The lowest BCUT2D eigenvalue weighted by Gasteiger charge is -2.11. The molecule has 24 heavy (non-hydrogen) atoms. The number of para-hydroxylation sites is 1. The third-order valence-electron chi connectivity index (χ3n) is 3.56. The predicted molar refractivity (Wildman–Crippen MR) is 91.3 cm³/mol. The molecule has 0 atom stereocenters. The fourth-order valence-corrected chi connectivity index (χ4v) is 3.09. The quantitative estimate of drug-likeness (QED) is 0.686. The monoisotopic (exact) mass is 342 g/mol. The van der Waals surface area contributed by atoms with Gasteiger partial charge in [0.1, 0.15) is 4.90 Å². The summed E-state index contributed by atoms with van der Waals surface area (Å²) in [5, 5.41) is 5.49. The van der Waals surface area contributed by atoms with E-state index in [2.05, 4.69) is 5.10 Å². The minimum atomic E-state index is -4.39. The topological polar surface area (TPSA) is 87.0 Å². The molecule has 1 amide bonds. The van der Waals surface area contributed by atoms with Crippen molar-refractivity contribution in [2.24, 2.45) is 5.10 Å². The number of amides is 1. The summed E-state index contributed by atoms with van der Waals surface area (Å²) >= 11 is 0. The predicted octanol–water partition coefficient (Wildman–Crippen LogP) is 2.74. The van der Waals surface area contributed by atoms with E-state index in [0.29, 0.717) is 11.4 Å². The van der Waals surface area contributed by atoms with Crippen molar-refractivity contribution in [2.75, 3.05) is 5.01 Å². The third-order valence-corrected chi connectivity index (χ3v) is 4.49. The van der Waals surface area contributed by atoms with Crippen LogP contribution in [0, 0.1) is 0 Å². The normalized spacial score (nSPS) is 16.6. The first kappa shape index (κ1) is 16.1. The number of benzene rings is 2. The van der Waals surface area contributed by atoms with Crippen LogP contribution < -0.4 is 5.01 Å². The molecule has 3 rings (SSSR count). The van der Waals surface area contributed by atoms with Gasteiger partial charge >= 0.3 is 0 Å². The molecule has 7 heteroatoms. The Morgan fingerprint density at radius 3 is 2.33 bits per heavy atom. The summed E-state index contributed by atoms with van der Waals surface area (Å²) in [6.07, 6.45) is 1.42. The number of nitrogens with zero attached hydrogens (tertiary/aromatic N) is 2. The van der Waals surface area contributed by atoms with Crippen LogP contribution in [0.3, 0.4) is 0 Å². The van der Waals surface area contributed by atoms with Crippen LogP contribution in [0.25, 0.3) is 6.08 Å². The third kappa shape index (κ3) is 2.99. The van der Waals surface area contributed by atoms with Crippen molar-refractivity contribution < 1.29 is 17.8 Å². The Bertz CT molecular complexity index is 963. The fraction of sp³-hybridized carbons (Fsp3) is 0.0588. The highest BCUT2D eigenvalue weighted by molar-refractivity contribution is 7.85. The van der Waals surface area contributed by atoms with Gasteiger partial charge < -0.3 is 0 Å². The van der Waals surface area contributed by atoms with E-state index in [9.17, 15) is 17.8 Å². The van der Waals surface area contributed by atoms with Gasteiger partial charge in [0.2, 0.25) is 0 Å². The largest absolute Gasteiger partial charge is 0.295 e. The van der Waals surface area contributed by atoms with Gasteiger partial charge in [0.15, 0.2) is 0 Å². The summed E-state index contributed by atoms with van der Waals surface area (Å²) in [7, 11) is -4.39. The molecule has 1 heterocycles. The van der Waals surface area contributed by atoms with Crippen LogP contribution in [0.1, 0.15) is 12.5 Å². The van der Waals surface area contributed by atoms with Crippen LogP contribution in [0.5, 0.6) is 0 Å². The van der Waals surface area contributed by atoms with Crippen LogP contribution in [0.15, 0.2) is 70.2 Å². The molecule has 1 N–H and O–H groups in total. The second kappa shape index (κ2) is 6.03. The molecule has 122 valence electrons. The Balaban J connectivity index is 2.05. The molecular formula is C17H14N2O4S. The van der Waals surface area contributed by atoms with Crippen molar-refractivity contribution in [2.45, 2.75) is 11.8 Å². The van der Waals surface area contributed by atoms with E-state index in [4.69, 9.17) is 0 Å². The first-order valence-corrected chi connectivity index (χ1v) is 8.55. The van der Waals surface area contributed by atoms with Crippen molar-refractivity contribution in [3.05, 3.63) is 65.7 Å². The SMILES string of the molecule is CC1=NN(c2ccccc2)C(=O)/C1=C\c1ccccc1S(=O)(=O)O. The van der Waals surface area contributed by atoms with Gasteiger partial charge in [0.05, 0.1) is 17.0 Å². The molecule has 2 aromatic carbocycles. The molecule has 1 aliphatic heterocycles.